The Bertz CT molecular complexity index is 1390. The van der Waals surface area contributed by atoms with Crippen molar-refractivity contribution < 1.29 is 23.9 Å². The zero-order valence-electron chi connectivity index (χ0n) is 19.2. The van der Waals surface area contributed by atoms with E-state index in [1.54, 1.807) is 31.2 Å². The number of imide groups is 1. The third-order valence-corrected chi connectivity index (χ3v) is 6.45. The maximum atomic E-state index is 13.1. The van der Waals surface area contributed by atoms with Crippen LogP contribution >= 0.6 is 11.8 Å². The van der Waals surface area contributed by atoms with Crippen LogP contribution in [0.25, 0.3) is 16.8 Å². The molecule has 2 amide bonds. The van der Waals surface area contributed by atoms with Crippen LogP contribution in [0.5, 0.6) is 5.75 Å². The quantitative estimate of drug-likeness (QED) is 0.331. The fraction of sp³-hybridized carbons (Fsp3) is 0.185. The number of hydrogen-bond donors (Lipinski definition) is 0. The summed E-state index contributed by atoms with van der Waals surface area (Å²) in [5.74, 6) is -0.697. The Balaban J connectivity index is 1.71. The summed E-state index contributed by atoms with van der Waals surface area (Å²) in [6.45, 7) is 3.44. The van der Waals surface area contributed by atoms with Gasteiger partial charge in [-0.15, -0.1) is 0 Å². The highest BCUT2D eigenvalue weighted by molar-refractivity contribution is 8.18. The van der Waals surface area contributed by atoms with E-state index in [2.05, 4.69) is 6.07 Å². The minimum Gasteiger partial charge on any atom is -0.488 e. The molecular weight excluding hydrogens is 464 g/mol. The minimum atomic E-state index is -1.03. The van der Waals surface area contributed by atoms with Crippen molar-refractivity contribution in [3.8, 4) is 11.8 Å². The molecule has 1 aliphatic heterocycles. The molecule has 7 nitrogen and oxygen atoms in total. The lowest BCUT2D eigenvalue weighted by atomic mass is 10.0. The van der Waals surface area contributed by atoms with Crippen molar-refractivity contribution >= 4 is 45.7 Å². The van der Waals surface area contributed by atoms with Gasteiger partial charge in [0.1, 0.15) is 18.4 Å². The van der Waals surface area contributed by atoms with Crippen LogP contribution in [0.3, 0.4) is 0 Å². The molecule has 0 aliphatic carbocycles. The van der Waals surface area contributed by atoms with Gasteiger partial charge in [-0.2, -0.15) is 5.26 Å². The van der Waals surface area contributed by atoms with Crippen LogP contribution in [0, 0.1) is 11.3 Å². The van der Waals surface area contributed by atoms with Gasteiger partial charge in [0.2, 0.25) is 0 Å². The standard InChI is InChI=1S/C27H22N2O5S/c1-3-33-26(31)17(2)29-25(30)24(35-27(29)32)14-22-21-11-7-6-8-18(21)12-13-23(22)34-16-20-10-5-4-9-19(20)15-28/h4-14,17H,3,16H2,1-2H3. The Labute approximate surface area is 206 Å². The van der Waals surface area contributed by atoms with Crippen molar-refractivity contribution in [2.24, 2.45) is 0 Å². The molecule has 35 heavy (non-hydrogen) atoms. The van der Waals surface area contributed by atoms with E-state index in [-0.39, 0.29) is 18.1 Å². The number of esters is 1. The van der Waals surface area contributed by atoms with E-state index < -0.39 is 23.2 Å². The third kappa shape index (κ3) is 4.91. The largest absolute Gasteiger partial charge is 0.488 e. The fourth-order valence-electron chi connectivity index (χ4n) is 3.77. The third-order valence-electron chi connectivity index (χ3n) is 5.57. The predicted molar refractivity (Wildman–Crippen MR) is 133 cm³/mol. The SMILES string of the molecule is CCOC(=O)C(C)N1C(=O)SC(=Cc2c(OCc3ccccc3C#N)ccc3ccccc23)C1=O. The Kier molecular flexibility index (Phi) is 7.18. The average Bonchev–Trinajstić information content (AvgIpc) is 3.15. The molecule has 1 aliphatic rings. The molecule has 0 bridgehead atoms. The summed E-state index contributed by atoms with van der Waals surface area (Å²) >= 11 is 0.770. The van der Waals surface area contributed by atoms with Crippen LogP contribution in [-0.2, 0) is 20.9 Å². The van der Waals surface area contributed by atoms with Crippen LogP contribution in [0.2, 0.25) is 0 Å². The summed E-state index contributed by atoms with van der Waals surface area (Å²) in [4.78, 5) is 39.0. The Morgan fingerprint density at radius 3 is 2.63 bits per heavy atom. The van der Waals surface area contributed by atoms with Crippen LogP contribution in [-0.4, -0.2) is 34.7 Å². The van der Waals surface area contributed by atoms with E-state index in [9.17, 15) is 19.6 Å². The van der Waals surface area contributed by atoms with Crippen molar-refractivity contribution in [1.82, 2.24) is 4.90 Å². The average molecular weight is 487 g/mol. The molecule has 3 aromatic rings. The van der Waals surface area contributed by atoms with Crippen molar-refractivity contribution in [2.45, 2.75) is 26.5 Å². The molecule has 1 unspecified atom stereocenters. The molecule has 1 fully saturated rings. The monoisotopic (exact) mass is 486 g/mol. The lowest BCUT2D eigenvalue weighted by Gasteiger charge is -2.19. The van der Waals surface area contributed by atoms with E-state index >= 15 is 0 Å². The lowest BCUT2D eigenvalue weighted by Crippen LogP contribution is -2.42. The molecular formula is C27H22N2O5S. The number of thioether (sulfide) groups is 1. The second-order valence-electron chi connectivity index (χ2n) is 7.74. The van der Waals surface area contributed by atoms with Crippen LogP contribution < -0.4 is 4.74 Å². The highest BCUT2D eigenvalue weighted by Crippen LogP contribution is 2.38. The molecule has 1 heterocycles. The van der Waals surface area contributed by atoms with Crippen molar-refractivity contribution in [3.63, 3.8) is 0 Å². The van der Waals surface area contributed by atoms with Gasteiger partial charge in [-0.3, -0.25) is 14.5 Å². The topological polar surface area (TPSA) is 96.7 Å². The number of fused-ring (bicyclic) bond motifs is 1. The maximum Gasteiger partial charge on any atom is 0.329 e. The molecule has 0 aromatic heterocycles. The number of carbonyl (C=O) groups excluding carboxylic acids is 3. The van der Waals surface area contributed by atoms with Gasteiger partial charge in [0, 0.05) is 11.1 Å². The van der Waals surface area contributed by atoms with Crippen LogP contribution in [0.4, 0.5) is 4.79 Å². The Morgan fingerprint density at radius 1 is 1.11 bits per heavy atom. The summed E-state index contributed by atoms with van der Waals surface area (Å²) in [7, 11) is 0. The number of carbonyl (C=O) groups is 3. The smallest absolute Gasteiger partial charge is 0.329 e. The summed E-state index contributed by atoms with van der Waals surface area (Å²) in [5, 5.41) is 10.6. The molecule has 0 radical (unpaired) electrons. The molecule has 4 rings (SSSR count). The number of hydrogen-bond acceptors (Lipinski definition) is 7. The molecule has 176 valence electrons. The highest BCUT2D eigenvalue weighted by Gasteiger charge is 2.41. The van der Waals surface area contributed by atoms with E-state index in [4.69, 9.17) is 9.47 Å². The highest BCUT2D eigenvalue weighted by atomic mass is 32.2. The normalized spacial score (nSPS) is 15.3. The molecule has 3 aromatic carbocycles. The van der Waals surface area contributed by atoms with Gasteiger partial charge in [-0.1, -0.05) is 48.5 Å². The second-order valence-corrected chi connectivity index (χ2v) is 8.73. The van der Waals surface area contributed by atoms with Crippen molar-refractivity contribution in [3.05, 3.63) is 82.3 Å². The maximum absolute atomic E-state index is 13.1. The number of amides is 2. The van der Waals surface area contributed by atoms with Gasteiger partial charge < -0.3 is 9.47 Å². The van der Waals surface area contributed by atoms with Crippen molar-refractivity contribution in [1.29, 1.82) is 5.26 Å². The first-order valence-corrected chi connectivity index (χ1v) is 11.8. The van der Waals surface area contributed by atoms with E-state index in [0.717, 1.165) is 33.0 Å². The Hall–Kier alpha value is -4.09. The fourth-order valence-corrected chi connectivity index (χ4v) is 4.66. The summed E-state index contributed by atoms with van der Waals surface area (Å²) in [6.07, 6.45) is 1.62. The molecule has 1 atom stereocenters. The van der Waals surface area contributed by atoms with Crippen LogP contribution in [0.1, 0.15) is 30.5 Å². The number of rotatable bonds is 7. The van der Waals surface area contributed by atoms with Crippen molar-refractivity contribution in [2.75, 3.05) is 6.61 Å². The summed E-state index contributed by atoms with van der Waals surface area (Å²) < 4.78 is 11.1. The minimum absolute atomic E-state index is 0.154. The lowest BCUT2D eigenvalue weighted by molar-refractivity contribution is -0.150. The zero-order chi connectivity index (χ0) is 24.9. The second kappa shape index (κ2) is 10.5. The van der Waals surface area contributed by atoms with Crippen LogP contribution in [0.15, 0.2) is 65.6 Å². The first-order chi connectivity index (χ1) is 16.9. The zero-order valence-corrected chi connectivity index (χ0v) is 20.0. The number of nitriles is 1. The number of benzene rings is 3. The van der Waals surface area contributed by atoms with Gasteiger partial charge in [0.25, 0.3) is 11.1 Å². The van der Waals surface area contributed by atoms with Gasteiger partial charge >= 0.3 is 5.97 Å². The number of nitrogens with zero attached hydrogens (tertiary/aromatic N) is 2. The molecule has 8 heteroatoms. The first kappa shape index (κ1) is 24.0. The van der Waals surface area contributed by atoms with Gasteiger partial charge in [0.15, 0.2) is 0 Å². The van der Waals surface area contributed by atoms with Gasteiger partial charge in [0.05, 0.1) is 23.1 Å². The predicted octanol–water partition coefficient (Wildman–Crippen LogP) is 5.28. The van der Waals surface area contributed by atoms with E-state index in [0.29, 0.717) is 16.9 Å². The first-order valence-electron chi connectivity index (χ1n) is 11.0. The number of ether oxygens (including phenoxy) is 2. The molecule has 1 saturated heterocycles. The molecule has 0 N–H and O–H groups in total. The van der Waals surface area contributed by atoms with E-state index in [1.807, 2.05) is 42.5 Å². The summed E-state index contributed by atoms with van der Waals surface area (Å²) in [6, 6.07) is 19.6. The summed E-state index contributed by atoms with van der Waals surface area (Å²) in [5.41, 5.74) is 1.88. The Morgan fingerprint density at radius 2 is 1.86 bits per heavy atom. The van der Waals surface area contributed by atoms with E-state index in [1.165, 1.54) is 6.92 Å². The van der Waals surface area contributed by atoms with Gasteiger partial charge in [-0.05, 0) is 54.6 Å². The molecule has 0 spiro atoms. The van der Waals surface area contributed by atoms with Gasteiger partial charge in [-0.25, -0.2) is 4.79 Å². The molecule has 0 saturated carbocycles.